The fraction of sp³-hybridized carbons (Fsp3) is 0.769. The molecule has 14 nitrogen and oxygen atoms in total. The highest BCUT2D eigenvalue weighted by atomic mass is 19.4. The van der Waals surface area contributed by atoms with Crippen LogP contribution in [0.3, 0.4) is 0 Å². The van der Waals surface area contributed by atoms with Crippen molar-refractivity contribution in [3.05, 3.63) is 0 Å². The van der Waals surface area contributed by atoms with Crippen molar-refractivity contribution in [3.63, 3.8) is 0 Å². The molecule has 0 spiro atoms. The van der Waals surface area contributed by atoms with E-state index in [1.807, 2.05) is 13.8 Å². The SMILES string of the molecule is CC.CC(F)(F)F.CC(F)(F)F.O=CNCCN(CCNC(=O)C(F)(F)F)CCC(=O)NCCNC(=O)CCN(CCNC=O)NC(=O)C(F)(F)F. The molecule has 0 saturated carbocycles. The van der Waals surface area contributed by atoms with E-state index in [1.165, 1.54) is 0 Å². The Morgan fingerprint density at radius 1 is 0.519 bits per heavy atom. The van der Waals surface area contributed by atoms with Crippen LogP contribution >= 0.6 is 0 Å². The van der Waals surface area contributed by atoms with Gasteiger partial charge in [0.25, 0.3) is 0 Å². The number of carbonyl (C=O) groups excluding carboxylic acids is 6. The minimum absolute atomic E-state index is 0.0172. The van der Waals surface area contributed by atoms with E-state index >= 15 is 0 Å². The number of nitrogens with one attached hydrogen (secondary N) is 6. The zero-order valence-electron chi connectivity index (χ0n) is 28.5. The van der Waals surface area contributed by atoms with Crippen molar-refractivity contribution in [1.82, 2.24) is 41.9 Å². The monoisotopic (exact) mass is 792 g/mol. The smallest absolute Gasteiger partial charge is 0.357 e. The van der Waals surface area contributed by atoms with E-state index in [1.54, 1.807) is 15.6 Å². The second-order valence-electron chi connectivity index (χ2n) is 9.43. The molecule has 0 rings (SSSR count). The van der Waals surface area contributed by atoms with Crippen LogP contribution < -0.4 is 32.0 Å². The molecule has 0 aliphatic carbocycles. The number of hydrogen-bond acceptors (Lipinski definition) is 8. The third-order valence-corrected chi connectivity index (χ3v) is 4.79. The Kier molecular flexibility index (Phi) is 31.0. The Morgan fingerprint density at radius 2 is 0.885 bits per heavy atom. The maximum absolute atomic E-state index is 12.5. The van der Waals surface area contributed by atoms with Gasteiger partial charge in [0.05, 0.1) is 0 Å². The lowest BCUT2D eigenvalue weighted by Gasteiger charge is -2.23. The lowest BCUT2D eigenvalue weighted by Crippen LogP contribution is -2.51. The van der Waals surface area contributed by atoms with Crippen molar-refractivity contribution < 1.29 is 81.5 Å². The van der Waals surface area contributed by atoms with E-state index in [9.17, 15) is 81.5 Å². The molecule has 0 atom stereocenters. The zero-order valence-corrected chi connectivity index (χ0v) is 28.5. The van der Waals surface area contributed by atoms with Gasteiger partial charge in [-0.1, -0.05) is 13.8 Å². The molecule has 52 heavy (non-hydrogen) atoms. The Morgan fingerprint density at radius 3 is 1.27 bits per heavy atom. The number of carbonyl (C=O) groups is 6. The van der Waals surface area contributed by atoms with Crippen molar-refractivity contribution in [2.75, 3.05) is 65.4 Å². The van der Waals surface area contributed by atoms with Gasteiger partial charge in [-0.2, -0.15) is 52.7 Å². The molecule has 6 amide bonds. The van der Waals surface area contributed by atoms with Crippen LogP contribution in [0.25, 0.3) is 0 Å². The first kappa shape index (κ1) is 54.7. The number of alkyl halides is 12. The van der Waals surface area contributed by atoms with Crippen LogP contribution in [-0.2, 0) is 28.8 Å². The van der Waals surface area contributed by atoms with Crippen molar-refractivity contribution in [3.8, 4) is 0 Å². The third-order valence-electron chi connectivity index (χ3n) is 4.79. The summed E-state index contributed by atoms with van der Waals surface area (Å²) in [5, 5.41) is 12.0. The molecule has 0 saturated heterocycles. The van der Waals surface area contributed by atoms with Gasteiger partial charge >= 0.3 is 36.5 Å². The molecule has 0 fully saturated rings. The first-order valence-electron chi connectivity index (χ1n) is 14.9. The Balaban J connectivity index is -0.000000826. The van der Waals surface area contributed by atoms with Crippen molar-refractivity contribution in [2.24, 2.45) is 0 Å². The minimum Gasteiger partial charge on any atom is -0.357 e. The van der Waals surface area contributed by atoms with E-state index < -0.39 is 48.3 Å². The second kappa shape index (κ2) is 29.5. The first-order valence-corrected chi connectivity index (χ1v) is 14.9. The number of amides is 6. The molecule has 0 bridgehead atoms. The number of hydrazine groups is 1. The van der Waals surface area contributed by atoms with Crippen molar-refractivity contribution in [1.29, 1.82) is 0 Å². The number of halogens is 12. The minimum atomic E-state index is -5.15. The molecule has 0 aliphatic heterocycles. The molecule has 0 aromatic rings. The van der Waals surface area contributed by atoms with E-state index in [4.69, 9.17) is 0 Å². The van der Waals surface area contributed by atoms with Gasteiger partial charge in [-0.05, 0) is 0 Å². The number of nitrogens with zero attached hydrogens (tertiary/aromatic N) is 2. The van der Waals surface area contributed by atoms with Gasteiger partial charge in [0.15, 0.2) is 0 Å². The van der Waals surface area contributed by atoms with Gasteiger partial charge in [0.2, 0.25) is 24.6 Å². The van der Waals surface area contributed by atoms with Gasteiger partial charge in [0.1, 0.15) is 0 Å². The lowest BCUT2D eigenvalue weighted by molar-refractivity contribution is -0.178. The predicted molar refractivity (Wildman–Crippen MR) is 159 cm³/mol. The summed E-state index contributed by atoms with van der Waals surface area (Å²) in [4.78, 5) is 68.2. The second-order valence-corrected chi connectivity index (χ2v) is 9.43. The third kappa shape index (κ3) is 45.9. The molecule has 0 aromatic carbocycles. The van der Waals surface area contributed by atoms with Crippen LogP contribution in [0.4, 0.5) is 52.7 Å². The van der Waals surface area contributed by atoms with Crippen LogP contribution in [0.1, 0.15) is 40.5 Å². The maximum atomic E-state index is 12.5. The normalized spacial score (nSPS) is 11.3. The van der Waals surface area contributed by atoms with Gasteiger partial charge in [-0.25, -0.2) is 5.01 Å². The van der Waals surface area contributed by atoms with Crippen LogP contribution in [0, 0.1) is 0 Å². The maximum Gasteiger partial charge on any atom is 0.472 e. The standard InChI is InChI=1S/C20H32F6N8O6.2C2H3F3.C2H6/c21-19(22,23)17(39)31-7-11-33(10-5-27-13-35)8-1-15(37)29-3-4-30-16(38)2-9-34(12-6-28-14-36)32-18(40)20(24,25)26;2*1-2(3,4)5;1-2/h13-14H,1-12H2,(H,27,35)(H,28,36)(H,29,37)(H,30,38)(H,31,39)(H,32,40);2*1H3;1-2H3. The largest absolute Gasteiger partial charge is 0.472 e. The lowest BCUT2D eigenvalue weighted by atomic mass is 10.3. The summed E-state index contributed by atoms with van der Waals surface area (Å²) in [5.41, 5.74) is 1.60. The molecule has 6 N–H and O–H groups in total. The van der Waals surface area contributed by atoms with Crippen LogP contribution in [0.2, 0.25) is 0 Å². The van der Waals surface area contributed by atoms with Crippen LogP contribution in [-0.4, -0.2) is 137 Å². The quantitative estimate of drug-likeness (QED) is 0.0439. The topological polar surface area (TPSA) is 181 Å². The van der Waals surface area contributed by atoms with Crippen molar-refractivity contribution >= 4 is 36.4 Å². The van der Waals surface area contributed by atoms with Gasteiger partial charge in [0, 0.05) is 92.1 Å². The average molecular weight is 793 g/mol. The highest BCUT2D eigenvalue weighted by Gasteiger charge is 2.40. The van der Waals surface area contributed by atoms with Gasteiger partial charge < -0.3 is 26.6 Å². The average Bonchev–Trinajstić information content (AvgIpc) is 2.98. The fourth-order valence-corrected chi connectivity index (χ4v) is 2.81. The van der Waals surface area contributed by atoms with Crippen molar-refractivity contribution in [2.45, 2.75) is 65.2 Å². The summed E-state index contributed by atoms with van der Waals surface area (Å²) in [6, 6.07) is 0. The summed E-state index contributed by atoms with van der Waals surface area (Å²) >= 11 is 0. The summed E-state index contributed by atoms with van der Waals surface area (Å²) in [5.74, 6) is -5.41. The summed E-state index contributed by atoms with van der Waals surface area (Å²) in [6.07, 6.45) is -17.9. The molecule has 0 aliphatic rings. The zero-order chi connectivity index (χ0) is 41.6. The highest BCUT2D eigenvalue weighted by molar-refractivity contribution is 5.82. The summed E-state index contributed by atoms with van der Waals surface area (Å²) in [7, 11) is 0. The van der Waals surface area contributed by atoms with Gasteiger partial charge in [-0.15, -0.1) is 0 Å². The number of hydrogen-bond donors (Lipinski definition) is 6. The highest BCUT2D eigenvalue weighted by Crippen LogP contribution is 2.15. The van der Waals surface area contributed by atoms with E-state index in [-0.39, 0.29) is 92.1 Å². The van der Waals surface area contributed by atoms with Crippen LogP contribution in [0.5, 0.6) is 0 Å². The number of rotatable bonds is 21. The van der Waals surface area contributed by atoms with Gasteiger partial charge in [-0.3, -0.25) is 39.1 Å². The Bertz CT molecular complexity index is 990. The van der Waals surface area contributed by atoms with E-state index in [2.05, 4.69) is 21.3 Å². The van der Waals surface area contributed by atoms with Crippen LogP contribution in [0.15, 0.2) is 0 Å². The van der Waals surface area contributed by atoms with E-state index in [0.29, 0.717) is 12.8 Å². The Labute approximate surface area is 291 Å². The molecule has 0 heterocycles. The molecular weight excluding hydrogens is 748 g/mol. The molecule has 308 valence electrons. The molecular formula is C26H44F12N8O6. The molecule has 0 unspecified atom stereocenters. The summed E-state index contributed by atoms with van der Waals surface area (Å²) < 4.78 is 136. The molecule has 26 heteroatoms. The summed E-state index contributed by atoms with van der Waals surface area (Å²) in [6.45, 7) is 3.75. The first-order chi connectivity index (χ1) is 23.7. The predicted octanol–water partition coefficient (Wildman–Crippen LogP) is 1.53. The Hall–Kier alpha value is -4.10. The fourth-order valence-electron chi connectivity index (χ4n) is 2.81. The van der Waals surface area contributed by atoms with E-state index in [0.717, 1.165) is 5.01 Å². The molecule has 0 radical (unpaired) electrons. The molecule has 0 aromatic heterocycles.